The van der Waals surface area contributed by atoms with E-state index in [0.29, 0.717) is 12.3 Å². The van der Waals surface area contributed by atoms with Gasteiger partial charge in [-0.3, -0.25) is 4.90 Å². The number of nitrogens with one attached hydrogen (secondary N) is 1. The molecule has 1 atom stereocenters. The Hall–Kier alpha value is -0.0400. The van der Waals surface area contributed by atoms with Gasteiger partial charge in [-0.1, -0.05) is 13.5 Å². The van der Waals surface area contributed by atoms with E-state index in [1.54, 1.807) is 18.7 Å². The highest BCUT2D eigenvalue weighted by atomic mass is 32.2. The van der Waals surface area contributed by atoms with Crippen LogP contribution in [0.1, 0.15) is 6.92 Å². The maximum absolute atomic E-state index is 12.0. The molecule has 1 aliphatic rings. The van der Waals surface area contributed by atoms with Crippen molar-refractivity contribution in [3.63, 3.8) is 0 Å². The van der Waals surface area contributed by atoms with E-state index in [1.807, 2.05) is 7.05 Å². The van der Waals surface area contributed by atoms with Crippen LogP contribution in [0.15, 0.2) is 12.2 Å². The first-order valence-electron chi connectivity index (χ1n) is 5.86. The average Bonchev–Trinajstić information content (AvgIpc) is 2.30. The van der Waals surface area contributed by atoms with Crippen LogP contribution in [0.2, 0.25) is 0 Å². The molecule has 100 valence electrons. The van der Waals surface area contributed by atoms with Crippen molar-refractivity contribution < 1.29 is 8.42 Å². The highest BCUT2D eigenvalue weighted by molar-refractivity contribution is 8.01. The summed E-state index contributed by atoms with van der Waals surface area (Å²) < 4.78 is 24.0. The van der Waals surface area contributed by atoms with Crippen LogP contribution in [0.3, 0.4) is 0 Å². The van der Waals surface area contributed by atoms with Gasteiger partial charge in [0.15, 0.2) is 9.84 Å². The third-order valence-electron chi connectivity index (χ3n) is 2.86. The monoisotopic (exact) mass is 278 g/mol. The Labute approximate surface area is 109 Å². The average molecular weight is 278 g/mol. The smallest absolute Gasteiger partial charge is 0.166 e. The lowest BCUT2D eigenvalue weighted by molar-refractivity contribution is 0.291. The zero-order chi connectivity index (χ0) is 12.9. The van der Waals surface area contributed by atoms with E-state index < -0.39 is 9.84 Å². The highest BCUT2D eigenvalue weighted by Gasteiger charge is 2.32. The summed E-state index contributed by atoms with van der Waals surface area (Å²) >= 11 is 1.72. The predicted octanol–water partition coefficient (Wildman–Crippen LogP) is 0.572. The maximum Gasteiger partial charge on any atom is 0.166 e. The Balaban J connectivity index is 2.70. The molecule has 0 radical (unpaired) electrons. The van der Waals surface area contributed by atoms with E-state index >= 15 is 0 Å². The molecular weight excluding hydrogens is 256 g/mol. The fourth-order valence-electron chi connectivity index (χ4n) is 1.91. The van der Waals surface area contributed by atoms with Gasteiger partial charge in [0.05, 0.1) is 0 Å². The minimum Gasteiger partial charge on any atom is -0.316 e. The van der Waals surface area contributed by atoms with Gasteiger partial charge in [-0.15, -0.1) is 0 Å². The van der Waals surface area contributed by atoms with Gasteiger partial charge in [0, 0.05) is 36.9 Å². The summed E-state index contributed by atoms with van der Waals surface area (Å²) in [5, 5.41) is 2.71. The highest BCUT2D eigenvalue weighted by Crippen LogP contribution is 2.21. The normalized spacial score (nSPS) is 22.6. The van der Waals surface area contributed by atoms with Crippen molar-refractivity contribution in [3.05, 3.63) is 12.2 Å². The molecule has 17 heavy (non-hydrogen) atoms. The topological polar surface area (TPSA) is 49.4 Å². The number of nitrogens with zero attached hydrogens (tertiary/aromatic N) is 1. The van der Waals surface area contributed by atoms with Crippen LogP contribution < -0.4 is 5.32 Å². The van der Waals surface area contributed by atoms with Crippen molar-refractivity contribution in [3.8, 4) is 0 Å². The van der Waals surface area contributed by atoms with Crippen LogP contribution in [0.25, 0.3) is 0 Å². The summed E-state index contributed by atoms with van der Waals surface area (Å²) in [6.45, 7) is 7.93. The molecule has 4 nitrogen and oxygen atoms in total. The number of thioether (sulfide) groups is 1. The molecule has 0 aromatic rings. The third-order valence-corrected chi connectivity index (χ3v) is 6.19. The fraction of sp³-hybridized carbons (Fsp3) is 0.818. The zero-order valence-corrected chi connectivity index (χ0v) is 12.2. The Bertz CT molecular complexity index is 354. The summed E-state index contributed by atoms with van der Waals surface area (Å²) in [4.78, 5) is 2.05. The van der Waals surface area contributed by atoms with Crippen LogP contribution in [-0.4, -0.2) is 62.6 Å². The molecule has 1 N–H and O–H groups in total. The fourth-order valence-corrected chi connectivity index (χ4v) is 4.99. The van der Waals surface area contributed by atoms with E-state index in [2.05, 4.69) is 16.8 Å². The second-order valence-corrected chi connectivity index (χ2v) is 7.83. The van der Waals surface area contributed by atoms with Gasteiger partial charge in [0.25, 0.3) is 0 Å². The number of hydrogen-bond acceptors (Lipinski definition) is 5. The molecule has 0 saturated carbocycles. The molecule has 6 heteroatoms. The Kier molecular flexibility index (Phi) is 5.99. The summed E-state index contributed by atoms with van der Waals surface area (Å²) in [6, 6.07) is 0. The van der Waals surface area contributed by atoms with Crippen LogP contribution in [-0.2, 0) is 9.84 Å². The van der Waals surface area contributed by atoms with Crippen molar-refractivity contribution in [1.29, 1.82) is 0 Å². The predicted molar refractivity (Wildman–Crippen MR) is 75.2 cm³/mol. The molecule has 0 aromatic carbocycles. The first kappa shape index (κ1) is 15.0. The molecule has 0 bridgehead atoms. The Morgan fingerprint density at radius 3 is 2.88 bits per heavy atom. The molecule has 0 aliphatic carbocycles. The summed E-state index contributed by atoms with van der Waals surface area (Å²) in [7, 11) is -1.11. The molecule has 1 unspecified atom stereocenters. The molecular formula is C11H22N2O2S2. The van der Waals surface area contributed by atoms with Crippen LogP contribution in [0, 0.1) is 0 Å². The van der Waals surface area contributed by atoms with Gasteiger partial charge in [-0.25, -0.2) is 8.42 Å². The van der Waals surface area contributed by atoms with Crippen molar-refractivity contribution in [2.75, 3.05) is 43.9 Å². The molecule has 0 amide bonds. The zero-order valence-electron chi connectivity index (χ0n) is 10.6. The van der Waals surface area contributed by atoms with Gasteiger partial charge >= 0.3 is 0 Å². The summed E-state index contributed by atoms with van der Waals surface area (Å²) in [5.41, 5.74) is 1.04. The molecule has 1 rings (SSSR count). The first-order valence-corrected chi connectivity index (χ1v) is 8.73. The summed E-state index contributed by atoms with van der Waals surface area (Å²) in [6.07, 6.45) is 0. The van der Waals surface area contributed by atoms with Crippen LogP contribution in [0.4, 0.5) is 0 Å². The van der Waals surface area contributed by atoms with E-state index in [4.69, 9.17) is 0 Å². The second-order valence-electron chi connectivity index (χ2n) is 4.23. The second kappa shape index (κ2) is 6.78. The lowest BCUT2D eigenvalue weighted by atomic mass is 10.2. The quantitative estimate of drug-likeness (QED) is 0.720. The first-order chi connectivity index (χ1) is 8.01. The van der Waals surface area contributed by atoms with Gasteiger partial charge in [-0.05, 0) is 12.6 Å². The molecule has 1 fully saturated rings. The Morgan fingerprint density at radius 1 is 1.59 bits per heavy atom. The molecule has 1 saturated heterocycles. The van der Waals surface area contributed by atoms with Crippen molar-refractivity contribution in [2.45, 2.75) is 12.3 Å². The van der Waals surface area contributed by atoms with E-state index in [9.17, 15) is 8.42 Å². The Morgan fingerprint density at radius 2 is 2.29 bits per heavy atom. The minimum absolute atomic E-state index is 0.216. The minimum atomic E-state index is -2.99. The molecule has 1 aliphatic heterocycles. The number of rotatable bonds is 6. The number of likely N-dealkylation sites (N-methyl/N-ethyl adjacent to an activating group) is 1. The van der Waals surface area contributed by atoms with Gasteiger partial charge < -0.3 is 5.32 Å². The van der Waals surface area contributed by atoms with Crippen molar-refractivity contribution in [2.24, 2.45) is 0 Å². The van der Waals surface area contributed by atoms with Gasteiger partial charge in [0.2, 0.25) is 0 Å². The van der Waals surface area contributed by atoms with E-state index in [1.165, 1.54) is 0 Å². The van der Waals surface area contributed by atoms with Crippen molar-refractivity contribution >= 4 is 21.6 Å². The molecule has 0 aromatic heterocycles. The van der Waals surface area contributed by atoms with E-state index in [0.717, 1.165) is 24.4 Å². The van der Waals surface area contributed by atoms with Crippen molar-refractivity contribution in [1.82, 2.24) is 10.2 Å². The van der Waals surface area contributed by atoms with Crippen LogP contribution >= 0.6 is 11.8 Å². The van der Waals surface area contributed by atoms with Gasteiger partial charge in [0.1, 0.15) is 5.37 Å². The number of sulfone groups is 1. The SMILES string of the molecule is C=C(CNC)CN1CCSCC1S(=O)(=O)CC. The van der Waals surface area contributed by atoms with E-state index in [-0.39, 0.29) is 11.1 Å². The number of hydrogen-bond donors (Lipinski definition) is 1. The molecule has 0 spiro atoms. The third kappa shape index (κ3) is 4.28. The standard InChI is InChI=1S/C11H22N2O2S2/c1-4-17(14,15)11-9-16-6-5-13(11)8-10(2)7-12-3/h11-12H,2,4-9H2,1,3H3. The van der Waals surface area contributed by atoms with Gasteiger partial charge in [-0.2, -0.15) is 11.8 Å². The lowest BCUT2D eigenvalue weighted by Crippen LogP contribution is -2.48. The maximum atomic E-state index is 12.0. The summed E-state index contributed by atoms with van der Waals surface area (Å²) in [5.74, 6) is 1.90. The lowest BCUT2D eigenvalue weighted by Gasteiger charge is -2.35. The van der Waals surface area contributed by atoms with Crippen LogP contribution in [0.5, 0.6) is 0 Å². The largest absolute Gasteiger partial charge is 0.316 e. The molecule has 1 heterocycles.